The van der Waals surface area contributed by atoms with Crippen molar-refractivity contribution in [3.8, 4) is 11.3 Å². The Bertz CT molecular complexity index is 1070. The summed E-state index contributed by atoms with van der Waals surface area (Å²) in [5, 5.41) is 10.2. The van der Waals surface area contributed by atoms with Gasteiger partial charge in [0.25, 0.3) is 0 Å². The van der Waals surface area contributed by atoms with E-state index >= 15 is 0 Å². The third-order valence-electron chi connectivity index (χ3n) is 4.72. The molecule has 0 saturated carbocycles. The van der Waals surface area contributed by atoms with Gasteiger partial charge < -0.3 is 14.9 Å². The third kappa shape index (κ3) is 3.38. The van der Waals surface area contributed by atoms with Crippen molar-refractivity contribution in [3.05, 3.63) is 51.8 Å². The first kappa shape index (κ1) is 18.9. The second-order valence-electron chi connectivity index (χ2n) is 6.38. The summed E-state index contributed by atoms with van der Waals surface area (Å²) in [6.07, 6.45) is 0.723. The molecule has 1 amide bonds. The predicted molar refractivity (Wildman–Crippen MR) is 109 cm³/mol. The van der Waals surface area contributed by atoms with Crippen LogP contribution in [-0.4, -0.2) is 52.2 Å². The number of anilines is 1. The minimum atomic E-state index is -0.924. The van der Waals surface area contributed by atoms with E-state index in [1.807, 2.05) is 4.90 Å². The number of amides is 1. The summed E-state index contributed by atoms with van der Waals surface area (Å²) in [5.41, 5.74) is 1.31. The highest BCUT2D eigenvalue weighted by Gasteiger charge is 2.24. The minimum Gasteiger partial charge on any atom is -0.465 e. The first-order chi connectivity index (χ1) is 13.5. The fourth-order valence-electron chi connectivity index (χ4n) is 3.29. The van der Waals surface area contributed by atoms with Gasteiger partial charge in [-0.1, -0.05) is 23.7 Å². The highest BCUT2D eigenvalue weighted by molar-refractivity contribution is 9.10. The SMILES string of the molecule is O=C(O)N1CCN(c2ncc(Br)c3nc(-c4ccccc4F)c(Cl)cc23)CC1. The molecule has 0 spiro atoms. The lowest BCUT2D eigenvalue weighted by Crippen LogP contribution is -2.48. The standard InChI is InChI=1S/C19H15BrClFN4O2/c20-13-10-23-18(25-5-7-26(8-6-25)19(27)28)12-9-14(21)17(24-16(12)13)11-3-1-2-4-15(11)22/h1-4,9-10H,5-8H2,(H,27,28). The molecule has 1 aromatic carbocycles. The molecular formula is C19H15BrClFN4O2. The monoisotopic (exact) mass is 464 g/mol. The molecule has 1 saturated heterocycles. The number of piperazine rings is 1. The van der Waals surface area contributed by atoms with Crippen molar-refractivity contribution >= 4 is 50.3 Å². The molecule has 9 heteroatoms. The molecule has 0 unspecified atom stereocenters. The fraction of sp³-hybridized carbons (Fsp3) is 0.211. The Labute approximate surface area is 173 Å². The number of nitrogens with zero attached hydrogens (tertiary/aromatic N) is 4. The van der Waals surface area contributed by atoms with Crippen molar-refractivity contribution in [2.75, 3.05) is 31.1 Å². The Morgan fingerprint density at radius 2 is 1.93 bits per heavy atom. The van der Waals surface area contributed by atoms with Crippen LogP contribution in [0.25, 0.3) is 22.2 Å². The van der Waals surface area contributed by atoms with Gasteiger partial charge in [-0.05, 0) is 34.1 Å². The van der Waals surface area contributed by atoms with Crippen LogP contribution < -0.4 is 4.90 Å². The molecule has 3 aromatic rings. The zero-order valence-corrected chi connectivity index (χ0v) is 16.9. The minimum absolute atomic E-state index is 0.322. The molecule has 4 rings (SSSR count). The summed E-state index contributed by atoms with van der Waals surface area (Å²) >= 11 is 9.93. The van der Waals surface area contributed by atoms with E-state index in [4.69, 9.17) is 16.7 Å². The highest BCUT2D eigenvalue weighted by atomic mass is 79.9. The van der Waals surface area contributed by atoms with Gasteiger partial charge >= 0.3 is 6.09 Å². The summed E-state index contributed by atoms with van der Waals surface area (Å²) in [4.78, 5) is 23.6. The number of halogens is 3. The average molecular weight is 466 g/mol. The van der Waals surface area contributed by atoms with Crippen molar-refractivity contribution in [1.29, 1.82) is 0 Å². The number of benzene rings is 1. The van der Waals surface area contributed by atoms with Crippen LogP contribution in [-0.2, 0) is 0 Å². The van der Waals surface area contributed by atoms with Crippen LogP contribution in [0.2, 0.25) is 5.02 Å². The first-order valence-electron chi connectivity index (χ1n) is 8.58. The van der Waals surface area contributed by atoms with Crippen molar-refractivity contribution in [1.82, 2.24) is 14.9 Å². The fourth-order valence-corrected chi connectivity index (χ4v) is 3.95. The van der Waals surface area contributed by atoms with Crippen LogP contribution in [0.1, 0.15) is 0 Å². The molecule has 144 valence electrons. The Kier molecular flexibility index (Phi) is 5.07. The topological polar surface area (TPSA) is 69.6 Å². The van der Waals surface area contributed by atoms with Gasteiger partial charge in [0.15, 0.2) is 0 Å². The molecular weight excluding hydrogens is 451 g/mol. The molecule has 6 nitrogen and oxygen atoms in total. The number of aromatic nitrogens is 2. The summed E-state index contributed by atoms with van der Waals surface area (Å²) < 4.78 is 14.9. The summed E-state index contributed by atoms with van der Waals surface area (Å²) in [5.74, 6) is 0.282. The maximum atomic E-state index is 14.2. The average Bonchev–Trinajstić information content (AvgIpc) is 2.69. The third-order valence-corrected chi connectivity index (χ3v) is 5.59. The lowest BCUT2D eigenvalue weighted by atomic mass is 10.1. The van der Waals surface area contributed by atoms with Gasteiger partial charge in [0.2, 0.25) is 0 Å². The molecule has 1 fully saturated rings. The van der Waals surface area contributed by atoms with Crippen molar-refractivity contribution in [2.45, 2.75) is 0 Å². The van der Waals surface area contributed by atoms with Crippen LogP contribution >= 0.6 is 27.5 Å². The zero-order valence-electron chi connectivity index (χ0n) is 14.6. The number of carbonyl (C=O) groups is 1. The molecule has 28 heavy (non-hydrogen) atoms. The van der Waals surface area contributed by atoms with E-state index < -0.39 is 11.9 Å². The van der Waals surface area contributed by atoms with Crippen molar-refractivity contribution in [3.63, 3.8) is 0 Å². The molecule has 0 radical (unpaired) electrons. The second-order valence-corrected chi connectivity index (χ2v) is 7.64. The number of pyridine rings is 2. The Morgan fingerprint density at radius 3 is 2.61 bits per heavy atom. The number of hydrogen-bond donors (Lipinski definition) is 1. The van der Waals surface area contributed by atoms with E-state index in [2.05, 4.69) is 25.9 Å². The molecule has 1 N–H and O–H groups in total. The van der Waals surface area contributed by atoms with Gasteiger partial charge in [0.05, 0.1) is 20.7 Å². The Balaban J connectivity index is 1.79. The van der Waals surface area contributed by atoms with E-state index in [1.54, 1.807) is 30.5 Å². The number of rotatable bonds is 2. The van der Waals surface area contributed by atoms with Crippen LogP contribution in [0.15, 0.2) is 41.0 Å². The van der Waals surface area contributed by atoms with E-state index in [1.165, 1.54) is 11.0 Å². The van der Waals surface area contributed by atoms with E-state index in [-0.39, 0.29) is 0 Å². The quantitative estimate of drug-likeness (QED) is 0.596. The first-order valence-corrected chi connectivity index (χ1v) is 9.75. The number of carboxylic acid groups (broad SMARTS) is 1. The van der Waals surface area contributed by atoms with E-state index in [0.717, 1.165) is 5.39 Å². The summed E-state index contributed by atoms with van der Waals surface area (Å²) in [7, 11) is 0. The Morgan fingerprint density at radius 1 is 1.21 bits per heavy atom. The molecule has 1 aliphatic heterocycles. The van der Waals surface area contributed by atoms with Crippen LogP contribution in [0.4, 0.5) is 15.0 Å². The van der Waals surface area contributed by atoms with Crippen LogP contribution in [0.3, 0.4) is 0 Å². The Hall–Kier alpha value is -2.45. The van der Waals surface area contributed by atoms with Crippen molar-refractivity contribution in [2.24, 2.45) is 0 Å². The lowest BCUT2D eigenvalue weighted by Gasteiger charge is -2.34. The van der Waals surface area contributed by atoms with Gasteiger partial charge in [0.1, 0.15) is 11.6 Å². The lowest BCUT2D eigenvalue weighted by molar-refractivity contribution is 0.142. The zero-order chi connectivity index (χ0) is 19.8. The van der Waals surface area contributed by atoms with Gasteiger partial charge in [-0.3, -0.25) is 0 Å². The normalized spacial score (nSPS) is 14.5. The smallest absolute Gasteiger partial charge is 0.407 e. The summed E-state index contributed by atoms with van der Waals surface area (Å²) in [6, 6.07) is 8.09. The molecule has 0 bridgehead atoms. The number of fused-ring (bicyclic) bond motifs is 1. The van der Waals surface area contributed by atoms with E-state index in [9.17, 15) is 9.18 Å². The van der Waals surface area contributed by atoms with Crippen LogP contribution in [0.5, 0.6) is 0 Å². The maximum absolute atomic E-state index is 14.2. The second kappa shape index (κ2) is 7.52. The molecule has 0 aliphatic carbocycles. The van der Waals surface area contributed by atoms with Gasteiger partial charge in [-0.25, -0.2) is 19.2 Å². The molecule has 3 heterocycles. The van der Waals surface area contributed by atoms with Gasteiger partial charge in [0, 0.05) is 43.3 Å². The van der Waals surface area contributed by atoms with Gasteiger partial charge in [-0.15, -0.1) is 0 Å². The summed E-state index contributed by atoms with van der Waals surface area (Å²) in [6.45, 7) is 1.82. The highest BCUT2D eigenvalue weighted by Crippen LogP contribution is 2.36. The largest absolute Gasteiger partial charge is 0.465 e. The van der Waals surface area contributed by atoms with Crippen molar-refractivity contribution < 1.29 is 14.3 Å². The molecule has 2 aromatic heterocycles. The maximum Gasteiger partial charge on any atom is 0.407 e. The molecule has 1 aliphatic rings. The van der Waals surface area contributed by atoms with Gasteiger partial charge in [-0.2, -0.15) is 0 Å². The van der Waals surface area contributed by atoms with Crippen LogP contribution in [0, 0.1) is 5.82 Å². The van der Waals surface area contributed by atoms with E-state index in [0.29, 0.717) is 58.3 Å². The number of hydrogen-bond acceptors (Lipinski definition) is 4. The molecule has 0 atom stereocenters. The predicted octanol–water partition coefficient (Wildman–Crippen LogP) is 4.65.